The fraction of sp³-hybridized carbons (Fsp3) is 0.0625. The molecule has 0 fully saturated rings. The molecule has 0 N–H and O–H groups in total. The van der Waals surface area contributed by atoms with Gasteiger partial charge in [-0.2, -0.15) is 0 Å². The van der Waals surface area contributed by atoms with Crippen LogP contribution in [0.2, 0.25) is 0 Å². The van der Waals surface area contributed by atoms with Crippen LogP contribution in [0.4, 0.5) is 22.7 Å². The van der Waals surface area contributed by atoms with E-state index in [4.69, 9.17) is 11.6 Å². The molecule has 0 unspecified atom stereocenters. The fourth-order valence-corrected chi connectivity index (χ4v) is 2.28. The maximum atomic E-state index is 10.6. The summed E-state index contributed by atoms with van der Waals surface area (Å²) in [6.07, 6.45) is 1.98. The van der Waals surface area contributed by atoms with Gasteiger partial charge >= 0.3 is 0 Å². The number of non-ortho nitro benzene ring substituents is 1. The second-order valence-electron chi connectivity index (χ2n) is 4.79. The molecule has 2 aromatic rings. The fourth-order valence-electron chi connectivity index (χ4n) is 2.05. The molecular formula is C16H11ClN4O2. The molecule has 114 valence electrons. The third-order valence-electron chi connectivity index (χ3n) is 3.14. The smallest absolute Gasteiger partial charge is 0.258 e. The van der Waals surface area contributed by atoms with E-state index in [0.29, 0.717) is 23.0 Å². The number of aliphatic imine (C=N–C) groups is 3. The van der Waals surface area contributed by atoms with Crippen molar-refractivity contribution < 1.29 is 4.92 Å². The van der Waals surface area contributed by atoms with Gasteiger partial charge in [-0.25, -0.2) is 9.98 Å². The van der Waals surface area contributed by atoms with Crippen molar-refractivity contribution in [3.8, 4) is 0 Å². The van der Waals surface area contributed by atoms with Crippen molar-refractivity contribution in [2.75, 3.05) is 0 Å². The van der Waals surface area contributed by atoms with Crippen LogP contribution in [0.25, 0.3) is 0 Å². The van der Waals surface area contributed by atoms with Crippen molar-refractivity contribution in [3.05, 3.63) is 58.6 Å². The minimum Gasteiger partial charge on any atom is -0.258 e. The normalized spacial score (nSPS) is 14.0. The van der Waals surface area contributed by atoms with Crippen molar-refractivity contribution in [3.63, 3.8) is 0 Å². The van der Waals surface area contributed by atoms with E-state index in [-0.39, 0.29) is 5.69 Å². The summed E-state index contributed by atoms with van der Waals surface area (Å²) in [7, 11) is 0. The molecule has 1 aliphatic heterocycles. The summed E-state index contributed by atoms with van der Waals surface area (Å²) in [6.45, 7) is 0. The molecule has 0 radical (unpaired) electrons. The minimum atomic E-state index is -0.448. The Labute approximate surface area is 137 Å². The first-order chi connectivity index (χ1) is 11.1. The molecule has 1 heterocycles. The molecular weight excluding hydrogens is 316 g/mol. The van der Waals surface area contributed by atoms with E-state index < -0.39 is 4.92 Å². The van der Waals surface area contributed by atoms with E-state index in [0.717, 1.165) is 11.4 Å². The Bertz CT molecular complexity index is 841. The lowest BCUT2D eigenvalue weighted by atomic mass is 10.2. The summed E-state index contributed by atoms with van der Waals surface area (Å²) in [6, 6.07) is 13.4. The largest absolute Gasteiger partial charge is 0.269 e. The number of benzene rings is 2. The van der Waals surface area contributed by atoms with E-state index in [2.05, 4.69) is 15.0 Å². The molecule has 0 atom stereocenters. The van der Waals surface area contributed by atoms with E-state index in [1.807, 2.05) is 24.3 Å². The first kappa shape index (κ1) is 15.1. The third-order valence-corrected chi connectivity index (χ3v) is 3.36. The number of nitro groups is 1. The van der Waals surface area contributed by atoms with Crippen LogP contribution in [0.3, 0.4) is 0 Å². The molecule has 0 aliphatic carbocycles. The van der Waals surface area contributed by atoms with E-state index >= 15 is 0 Å². The molecule has 2 aromatic carbocycles. The van der Waals surface area contributed by atoms with Gasteiger partial charge in [0.1, 0.15) is 5.17 Å². The molecule has 6 nitrogen and oxygen atoms in total. The maximum absolute atomic E-state index is 10.6. The van der Waals surface area contributed by atoms with Gasteiger partial charge in [0.2, 0.25) is 0 Å². The van der Waals surface area contributed by atoms with Crippen LogP contribution >= 0.6 is 11.6 Å². The zero-order valence-corrected chi connectivity index (χ0v) is 12.6. The summed E-state index contributed by atoms with van der Waals surface area (Å²) in [4.78, 5) is 23.3. The van der Waals surface area contributed by atoms with Gasteiger partial charge in [-0.3, -0.25) is 15.1 Å². The summed E-state index contributed by atoms with van der Waals surface area (Å²) >= 11 is 6.11. The van der Waals surface area contributed by atoms with Crippen LogP contribution in [-0.4, -0.2) is 22.0 Å². The highest BCUT2D eigenvalue weighted by Crippen LogP contribution is 2.30. The molecule has 23 heavy (non-hydrogen) atoms. The molecule has 0 bridgehead atoms. The Morgan fingerprint density at radius 2 is 1.74 bits per heavy atom. The van der Waals surface area contributed by atoms with Gasteiger partial charge in [-0.05, 0) is 24.3 Å². The first-order valence-corrected chi connectivity index (χ1v) is 7.18. The Hall–Kier alpha value is -2.86. The van der Waals surface area contributed by atoms with E-state index in [1.54, 1.807) is 18.3 Å². The Morgan fingerprint density at radius 3 is 2.39 bits per heavy atom. The van der Waals surface area contributed by atoms with Crippen molar-refractivity contribution >= 4 is 51.4 Å². The van der Waals surface area contributed by atoms with Gasteiger partial charge in [0.25, 0.3) is 5.69 Å². The number of fused-ring (bicyclic) bond motifs is 1. The van der Waals surface area contributed by atoms with Crippen LogP contribution in [0.15, 0.2) is 63.5 Å². The monoisotopic (exact) mass is 326 g/mol. The first-order valence-electron chi connectivity index (χ1n) is 6.80. The highest BCUT2D eigenvalue weighted by atomic mass is 35.5. The zero-order chi connectivity index (χ0) is 16.2. The SMILES string of the molecule is O=[N+]([O-])c1ccc(N=CC2=Nc3ccccc3N=C(Cl)C2)cc1. The number of hydrogen-bond donors (Lipinski definition) is 0. The topological polar surface area (TPSA) is 80.2 Å². The van der Waals surface area contributed by atoms with Crippen molar-refractivity contribution in [2.45, 2.75) is 6.42 Å². The van der Waals surface area contributed by atoms with Gasteiger partial charge in [0.05, 0.1) is 27.7 Å². The lowest BCUT2D eigenvalue weighted by molar-refractivity contribution is -0.384. The minimum absolute atomic E-state index is 0.0277. The molecule has 1 aliphatic rings. The second kappa shape index (κ2) is 6.50. The number of rotatable bonds is 3. The standard InChI is InChI=1S/C16H11ClN4O2/c17-16-9-12(19-14-3-1-2-4-15(14)20-16)10-18-11-5-7-13(8-6-11)21(22)23/h1-8,10H,9H2. The van der Waals surface area contributed by atoms with Crippen LogP contribution < -0.4 is 0 Å². The van der Waals surface area contributed by atoms with Crippen LogP contribution in [-0.2, 0) is 0 Å². The molecule has 0 spiro atoms. The summed E-state index contributed by atoms with van der Waals surface area (Å²) in [5, 5.41) is 11.1. The molecule has 0 saturated heterocycles. The average molecular weight is 327 g/mol. The average Bonchev–Trinajstić information content (AvgIpc) is 2.70. The lowest BCUT2D eigenvalue weighted by Crippen LogP contribution is -2.03. The van der Waals surface area contributed by atoms with Crippen molar-refractivity contribution in [1.29, 1.82) is 0 Å². The Morgan fingerprint density at radius 1 is 1.09 bits per heavy atom. The highest BCUT2D eigenvalue weighted by molar-refractivity contribution is 6.68. The van der Waals surface area contributed by atoms with Gasteiger partial charge < -0.3 is 0 Å². The van der Waals surface area contributed by atoms with Crippen molar-refractivity contribution in [1.82, 2.24) is 0 Å². The zero-order valence-electron chi connectivity index (χ0n) is 11.9. The number of para-hydroxylation sites is 2. The van der Waals surface area contributed by atoms with Crippen LogP contribution in [0.5, 0.6) is 0 Å². The van der Waals surface area contributed by atoms with Crippen molar-refractivity contribution in [2.24, 2.45) is 15.0 Å². The predicted molar refractivity (Wildman–Crippen MR) is 92.4 cm³/mol. The molecule has 0 amide bonds. The number of hydrogen-bond acceptors (Lipinski definition) is 5. The molecule has 7 heteroatoms. The number of nitro benzene ring substituents is 1. The molecule has 0 aromatic heterocycles. The van der Waals surface area contributed by atoms with Gasteiger partial charge in [-0.1, -0.05) is 23.7 Å². The van der Waals surface area contributed by atoms with Gasteiger partial charge in [0.15, 0.2) is 0 Å². The summed E-state index contributed by atoms with van der Waals surface area (Å²) < 4.78 is 0. The highest BCUT2D eigenvalue weighted by Gasteiger charge is 2.10. The van der Waals surface area contributed by atoms with E-state index in [9.17, 15) is 10.1 Å². The third kappa shape index (κ3) is 3.67. The quantitative estimate of drug-likeness (QED) is 0.463. The summed E-state index contributed by atoms with van der Waals surface area (Å²) in [5.74, 6) is 0. The Balaban J connectivity index is 1.86. The maximum Gasteiger partial charge on any atom is 0.269 e. The molecule has 0 saturated carbocycles. The van der Waals surface area contributed by atoms with Crippen LogP contribution in [0.1, 0.15) is 6.42 Å². The number of halogens is 1. The lowest BCUT2D eigenvalue weighted by Gasteiger charge is -1.98. The molecule has 3 rings (SSSR count). The number of nitrogens with zero attached hydrogens (tertiary/aromatic N) is 4. The summed E-state index contributed by atoms with van der Waals surface area (Å²) in [5.41, 5.74) is 2.75. The van der Waals surface area contributed by atoms with Crippen LogP contribution in [0, 0.1) is 10.1 Å². The van der Waals surface area contributed by atoms with Gasteiger partial charge in [0, 0.05) is 24.8 Å². The van der Waals surface area contributed by atoms with E-state index in [1.165, 1.54) is 12.1 Å². The predicted octanol–water partition coefficient (Wildman–Crippen LogP) is 4.74. The second-order valence-corrected chi connectivity index (χ2v) is 5.22. The Kier molecular flexibility index (Phi) is 4.25. The van der Waals surface area contributed by atoms with Gasteiger partial charge in [-0.15, -0.1) is 0 Å².